The van der Waals surface area contributed by atoms with Gasteiger partial charge in [0.15, 0.2) is 11.0 Å². The molecule has 0 atom stereocenters. The summed E-state index contributed by atoms with van der Waals surface area (Å²) in [4.78, 5) is 27.6. The lowest BCUT2D eigenvalue weighted by Crippen LogP contribution is -2.14. The first-order valence-corrected chi connectivity index (χ1v) is 9.70. The fourth-order valence-corrected chi connectivity index (χ4v) is 3.33. The number of carbonyl (C=O) groups is 2. The number of benzene rings is 1. The first-order chi connectivity index (χ1) is 13.6. The molecule has 0 spiro atoms. The maximum Gasteiger partial charge on any atom is 0.234 e. The third kappa shape index (κ3) is 4.95. The van der Waals surface area contributed by atoms with E-state index in [4.69, 9.17) is 0 Å². The van der Waals surface area contributed by atoms with Crippen LogP contribution < -0.4 is 10.6 Å². The van der Waals surface area contributed by atoms with Crippen LogP contribution >= 0.6 is 11.8 Å². The van der Waals surface area contributed by atoms with E-state index in [0.717, 1.165) is 5.69 Å². The largest absolute Gasteiger partial charge is 0.326 e. The van der Waals surface area contributed by atoms with Gasteiger partial charge in [-0.05, 0) is 43.3 Å². The Morgan fingerprint density at radius 1 is 1.04 bits per heavy atom. The zero-order chi connectivity index (χ0) is 19.9. The number of rotatable bonds is 7. The molecule has 2 N–H and O–H groups in total. The topological polar surface area (TPSA) is 102 Å². The molecule has 8 nitrogen and oxygen atoms in total. The summed E-state index contributed by atoms with van der Waals surface area (Å²) in [7, 11) is 0. The molecular weight excluding hydrogens is 376 g/mol. The predicted octanol–water partition coefficient (Wildman–Crippen LogP) is 3.05. The van der Waals surface area contributed by atoms with Crippen LogP contribution in [-0.4, -0.2) is 37.3 Å². The molecule has 2 heterocycles. The zero-order valence-electron chi connectivity index (χ0n) is 15.5. The number of nitrogens with zero attached hydrogens (tertiary/aromatic N) is 4. The molecule has 0 bridgehead atoms. The van der Waals surface area contributed by atoms with Crippen molar-refractivity contribution < 1.29 is 9.59 Å². The van der Waals surface area contributed by atoms with Crippen molar-refractivity contribution in [3.63, 3.8) is 0 Å². The minimum atomic E-state index is -0.151. The van der Waals surface area contributed by atoms with Gasteiger partial charge in [0.05, 0.1) is 5.75 Å². The zero-order valence-corrected chi connectivity index (χ0v) is 16.4. The van der Waals surface area contributed by atoms with Crippen molar-refractivity contribution in [2.75, 3.05) is 16.4 Å². The highest BCUT2D eigenvalue weighted by Gasteiger charge is 2.15. The summed E-state index contributed by atoms with van der Waals surface area (Å²) >= 11 is 1.32. The molecule has 0 saturated carbocycles. The highest BCUT2D eigenvalue weighted by molar-refractivity contribution is 7.99. The summed E-state index contributed by atoms with van der Waals surface area (Å²) in [5, 5.41) is 14.6. The molecule has 0 aliphatic carbocycles. The normalized spacial score (nSPS) is 10.5. The van der Waals surface area contributed by atoms with Crippen molar-refractivity contribution >= 4 is 35.0 Å². The van der Waals surface area contributed by atoms with Crippen LogP contribution in [-0.2, 0) is 16.1 Å². The van der Waals surface area contributed by atoms with Gasteiger partial charge in [-0.2, -0.15) is 0 Å². The van der Waals surface area contributed by atoms with Crippen LogP contribution in [0.3, 0.4) is 0 Å². The third-order valence-electron chi connectivity index (χ3n) is 3.75. The second kappa shape index (κ2) is 9.14. The Labute approximate surface area is 166 Å². The van der Waals surface area contributed by atoms with E-state index in [1.165, 1.54) is 18.7 Å². The lowest BCUT2D eigenvalue weighted by Gasteiger charge is -2.08. The Hall–Kier alpha value is -3.20. The Morgan fingerprint density at radius 2 is 1.75 bits per heavy atom. The van der Waals surface area contributed by atoms with Crippen molar-refractivity contribution in [2.45, 2.75) is 25.5 Å². The van der Waals surface area contributed by atoms with E-state index in [-0.39, 0.29) is 17.6 Å². The molecule has 0 aliphatic heterocycles. The number of hydrogen-bond acceptors (Lipinski definition) is 6. The molecule has 9 heteroatoms. The molecule has 0 unspecified atom stereocenters. The van der Waals surface area contributed by atoms with Crippen LogP contribution in [0, 0.1) is 0 Å². The number of carbonyl (C=O) groups excluding carboxylic acids is 2. The molecule has 2 aromatic heterocycles. The second-order valence-electron chi connectivity index (χ2n) is 5.86. The van der Waals surface area contributed by atoms with Gasteiger partial charge in [0, 0.05) is 31.0 Å². The minimum Gasteiger partial charge on any atom is -0.326 e. The molecule has 1 aromatic carbocycles. The van der Waals surface area contributed by atoms with Crippen molar-refractivity contribution in [2.24, 2.45) is 0 Å². The Balaban J connectivity index is 1.60. The summed E-state index contributed by atoms with van der Waals surface area (Å²) in [6.45, 7) is 4.12. The molecule has 2 amide bonds. The fraction of sp³-hybridized carbons (Fsp3) is 0.211. The first kappa shape index (κ1) is 19.6. The van der Waals surface area contributed by atoms with Gasteiger partial charge in [0.25, 0.3) is 0 Å². The second-order valence-corrected chi connectivity index (χ2v) is 6.80. The average Bonchev–Trinajstić information content (AvgIpc) is 3.11. The molecule has 0 fully saturated rings. The molecule has 3 rings (SSSR count). The fourth-order valence-electron chi connectivity index (χ4n) is 2.53. The molecule has 0 saturated heterocycles. The molecule has 0 radical (unpaired) electrons. The third-order valence-corrected chi connectivity index (χ3v) is 4.72. The Bertz CT molecular complexity index is 956. The summed E-state index contributed by atoms with van der Waals surface area (Å²) in [5.74, 6) is 0.591. The van der Waals surface area contributed by atoms with Crippen molar-refractivity contribution in [3.8, 4) is 11.5 Å². The Kier molecular flexibility index (Phi) is 6.38. The number of aromatic nitrogens is 4. The number of nitrogens with one attached hydrogen (secondary N) is 2. The van der Waals surface area contributed by atoms with E-state index in [1.807, 2.05) is 29.7 Å². The molecule has 3 aromatic rings. The Morgan fingerprint density at radius 3 is 2.36 bits per heavy atom. The monoisotopic (exact) mass is 396 g/mol. The van der Waals surface area contributed by atoms with E-state index >= 15 is 0 Å². The lowest BCUT2D eigenvalue weighted by atomic mass is 10.3. The predicted molar refractivity (Wildman–Crippen MR) is 109 cm³/mol. The molecular formula is C19H20N6O2S. The standard InChI is InChI=1S/C19H20N6O2S/c1-3-25-18(16-6-4-5-11-20-16)23-24-19(25)28-12-17(27)22-15-9-7-14(8-10-15)21-13(2)26/h4-11H,3,12H2,1-2H3,(H,21,26)(H,22,27). The van der Waals surface area contributed by atoms with Gasteiger partial charge in [0.1, 0.15) is 5.69 Å². The average molecular weight is 396 g/mol. The summed E-state index contributed by atoms with van der Waals surface area (Å²) in [5.41, 5.74) is 2.08. The van der Waals surface area contributed by atoms with Gasteiger partial charge in [-0.1, -0.05) is 17.8 Å². The number of amides is 2. The summed E-state index contributed by atoms with van der Waals surface area (Å²) < 4.78 is 1.93. The van der Waals surface area contributed by atoms with E-state index < -0.39 is 0 Å². The van der Waals surface area contributed by atoms with E-state index in [9.17, 15) is 9.59 Å². The van der Waals surface area contributed by atoms with Crippen LogP contribution in [0.4, 0.5) is 11.4 Å². The van der Waals surface area contributed by atoms with E-state index in [0.29, 0.717) is 28.9 Å². The van der Waals surface area contributed by atoms with Crippen molar-refractivity contribution in [1.29, 1.82) is 0 Å². The molecule has 144 valence electrons. The van der Waals surface area contributed by atoms with Crippen LogP contribution in [0.1, 0.15) is 13.8 Å². The highest BCUT2D eigenvalue weighted by atomic mass is 32.2. The van der Waals surface area contributed by atoms with Gasteiger partial charge < -0.3 is 15.2 Å². The van der Waals surface area contributed by atoms with Crippen molar-refractivity contribution in [3.05, 3.63) is 48.7 Å². The van der Waals surface area contributed by atoms with Crippen LogP contribution in [0.25, 0.3) is 11.5 Å². The van der Waals surface area contributed by atoms with Crippen LogP contribution in [0.2, 0.25) is 0 Å². The number of hydrogen-bond donors (Lipinski definition) is 2. The summed E-state index contributed by atoms with van der Waals surface area (Å²) in [6.07, 6.45) is 1.71. The summed E-state index contributed by atoms with van der Waals surface area (Å²) in [6, 6.07) is 12.6. The maximum absolute atomic E-state index is 12.3. The van der Waals surface area contributed by atoms with Gasteiger partial charge in [-0.3, -0.25) is 14.6 Å². The lowest BCUT2D eigenvalue weighted by molar-refractivity contribution is -0.114. The number of anilines is 2. The van der Waals surface area contributed by atoms with Gasteiger partial charge in [-0.25, -0.2) is 0 Å². The van der Waals surface area contributed by atoms with Crippen LogP contribution in [0.15, 0.2) is 53.8 Å². The van der Waals surface area contributed by atoms with Gasteiger partial charge >= 0.3 is 0 Å². The van der Waals surface area contributed by atoms with E-state index in [1.54, 1.807) is 30.5 Å². The highest BCUT2D eigenvalue weighted by Crippen LogP contribution is 2.23. The quantitative estimate of drug-likeness (QED) is 0.595. The maximum atomic E-state index is 12.3. The first-order valence-electron chi connectivity index (χ1n) is 8.71. The molecule has 0 aliphatic rings. The van der Waals surface area contributed by atoms with Gasteiger partial charge in [0.2, 0.25) is 11.8 Å². The number of pyridine rings is 1. The minimum absolute atomic E-state index is 0.140. The number of thioether (sulfide) groups is 1. The SMILES string of the molecule is CCn1c(SCC(=O)Nc2ccc(NC(C)=O)cc2)nnc1-c1ccccn1. The molecule has 28 heavy (non-hydrogen) atoms. The van der Waals surface area contributed by atoms with Gasteiger partial charge in [-0.15, -0.1) is 10.2 Å². The smallest absolute Gasteiger partial charge is 0.234 e. The van der Waals surface area contributed by atoms with E-state index in [2.05, 4.69) is 25.8 Å². The van der Waals surface area contributed by atoms with Crippen molar-refractivity contribution in [1.82, 2.24) is 19.7 Å². The van der Waals surface area contributed by atoms with Crippen LogP contribution in [0.5, 0.6) is 0 Å².